The van der Waals surface area contributed by atoms with Crippen LogP contribution in [0.4, 0.5) is 5.95 Å². The van der Waals surface area contributed by atoms with Crippen molar-refractivity contribution in [1.29, 1.82) is 0 Å². The maximum absolute atomic E-state index is 9.72. The number of aliphatic hydroxyl groups excluding tert-OH is 2. The zero-order valence-corrected chi connectivity index (χ0v) is 20.2. The van der Waals surface area contributed by atoms with Crippen molar-refractivity contribution in [1.82, 2.24) is 29.5 Å². The van der Waals surface area contributed by atoms with Gasteiger partial charge in [-0.3, -0.25) is 0 Å². The number of imidazole rings is 2. The molecule has 34 heavy (non-hydrogen) atoms. The molecule has 0 spiro atoms. The predicted molar refractivity (Wildman–Crippen MR) is 132 cm³/mol. The molecule has 5 rings (SSSR count). The maximum atomic E-state index is 9.72. The molecule has 3 N–H and O–H groups in total. The van der Waals surface area contributed by atoms with E-state index in [1.165, 1.54) is 0 Å². The van der Waals surface area contributed by atoms with Gasteiger partial charge in [-0.1, -0.05) is 13.8 Å². The molecule has 0 unspecified atom stereocenters. The number of anilines is 1. The molecule has 3 aromatic heterocycles. The summed E-state index contributed by atoms with van der Waals surface area (Å²) in [4.78, 5) is 23.8. The monoisotopic (exact) mass is 467 g/mol. The number of piperidine rings is 1. The molecule has 1 saturated heterocycles. The van der Waals surface area contributed by atoms with Crippen molar-refractivity contribution in [2.75, 3.05) is 38.3 Å². The van der Waals surface area contributed by atoms with Crippen LogP contribution in [0.3, 0.4) is 0 Å². The fraction of sp³-hybridized carbons (Fsp3) is 0.500. The molecular weight excluding hydrogens is 434 g/mol. The summed E-state index contributed by atoms with van der Waals surface area (Å²) >= 11 is 0. The minimum absolute atomic E-state index is 0.0218. The highest BCUT2D eigenvalue weighted by Crippen LogP contribution is 2.36. The molecule has 182 valence electrons. The highest BCUT2D eigenvalue weighted by atomic mass is 16.5. The molecule has 1 aromatic carbocycles. The van der Waals surface area contributed by atoms with Gasteiger partial charge in [0.05, 0.1) is 38.5 Å². The van der Waals surface area contributed by atoms with Crippen LogP contribution in [0.2, 0.25) is 0 Å². The summed E-state index contributed by atoms with van der Waals surface area (Å²) in [7, 11) is 1.66. The van der Waals surface area contributed by atoms with E-state index in [0.717, 1.165) is 40.1 Å². The summed E-state index contributed by atoms with van der Waals surface area (Å²) < 4.78 is 7.74. The summed E-state index contributed by atoms with van der Waals surface area (Å²) in [5.74, 6) is 1.32. The van der Waals surface area contributed by atoms with Crippen LogP contribution in [-0.4, -0.2) is 73.1 Å². The van der Waals surface area contributed by atoms with Crippen LogP contribution in [0.15, 0.2) is 24.8 Å². The minimum atomic E-state index is -0.438. The predicted octanol–water partition coefficient (Wildman–Crippen LogP) is 3.00. The fourth-order valence-corrected chi connectivity index (χ4v) is 4.42. The Morgan fingerprint density at radius 2 is 1.82 bits per heavy atom. The SMILES string of the molecule is CC.CCn1cnc2cc(-c3nc(N4CCC(CO)(CO)CC4)nc4nc[nH]c34)cc(OC)c21. The smallest absolute Gasteiger partial charge is 0.228 e. The molecule has 10 heteroatoms. The third-order valence-electron chi connectivity index (χ3n) is 6.56. The number of fused-ring (bicyclic) bond motifs is 2. The van der Waals surface area contributed by atoms with Gasteiger partial charge in [0.1, 0.15) is 22.5 Å². The highest BCUT2D eigenvalue weighted by molar-refractivity contribution is 5.93. The van der Waals surface area contributed by atoms with Crippen LogP contribution in [0.1, 0.15) is 33.6 Å². The summed E-state index contributed by atoms with van der Waals surface area (Å²) in [5.41, 5.74) is 4.29. The highest BCUT2D eigenvalue weighted by Gasteiger charge is 2.34. The largest absolute Gasteiger partial charge is 0.494 e. The van der Waals surface area contributed by atoms with E-state index in [0.29, 0.717) is 37.5 Å². The molecule has 1 aliphatic heterocycles. The first-order valence-electron chi connectivity index (χ1n) is 11.8. The van der Waals surface area contributed by atoms with E-state index in [1.54, 1.807) is 13.4 Å². The lowest BCUT2D eigenvalue weighted by atomic mass is 9.80. The van der Waals surface area contributed by atoms with Crippen molar-refractivity contribution in [3.8, 4) is 17.0 Å². The van der Waals surface area contributed by atoms with Gasteiger partial charge in [-0.2, -0.15) is 4.98 Å². The van der Waals surface area contributed by atoms with Crippen LogP contribution in [0.5, 0.6) is 5.75 Å². The van der Waals surface area contributed by atoms with Crippen LogP contribution < -0.4 is 9.64 Å². The Hall–Kier alpha value is -3.24. The molecule has 4 aromatic rings. The number of benzene rings is 1. The Morgan fingerprint density at radius 3 is 2.47 bits per heavy atom. The number of aromatic amines is 1. The van der Waals surface area contributed by atoms with E-state index in [2.05, 4.69) is 36.3 Å². The number of nitrogens with zero attached hydrogens (tertiary/aromatic N) is 6. The Bertz CT molecular complexity index is 1250. The van der Waals surface area contributed by atoms with Gasteiger partial charge < -0.3 is 29.4 Å². The summed E-state index contributed by atoms with van der Waals surface area (Å²) in [6.45, 7) is 8.13. The lowest BCUT2D eigenvalue weighted by Gasteiger charge is -2.39. The van der Waals surface area contributed by atoms with Crippen molar-refractivity contribution in [3.63, 3.8) is 0 Å². The molecule has 4 heterocycles. The number of rotatable bonds is 6. The number of methoxy groups -OCH3 is 1. The number of ether oxygens (including phenoxy) is 1. The summed E-state index contributed by atoms with van der Waals surface area (Å²) in [6.07, 6.45) is 4.78. The van der Waals surface area contributed by atoms with Crippen LogP contribution >= 0.6 is 0 Å². The Balaban J connectivity index is 0.00000133. The zero-order chi connectivity index (χ0) is 24.3. The number of aryl methyl sites for hydroxylation is 1. The minimum Gasteiger partial charge on any atom is -0.494 e. The first-order chi connectivity index (χ1) is 16.6. The Morgan fingerprint density at radius 1 is 1.09 bits per heavy atom. The zero-order valence-electron chi connectivity index (χ0n) is 20.2. The molecule has 0 bridgehead atoms. The van der Waals surface area contributed by atoms with E-state index >= 15 is 0 Å². The number of aromatic nitrogens is 6. The van der Waals surface area contributed by atoms with Crippen molar-refractivity contribution < 1.29 is 14.9 Å². The van der Waals surface area contributed by atoms with Gasteiger partial charge in [0.25, 0.3) is 0 Å². The first-order valence-corrected chi connectivity index (χ1v) is 11.8. The van der Waals surface area contributed by atoms with Gasteiger partial charge in [0, 0.05) is 30.6 Å². The molecule has 10 nitrogen and oxygen atoms in total. The maximum Gasteiger partial charge on any atom is 0.228 e. The van der Waals surface area contributed by atoms with Crippen LogP contribution in [-0.2, 0) is 6.54 Å². The van der Waals surface area contributed by atoms with Gasteiger partial charge in [0.15, 0.2) is 5.65 Å². The molecule has 0 aliphatic carbocycles. The third kappa shape index (κ3) is 4.07. The van der Waals surface area contributed by atoms with Gasteiger partial charge in [-0.15, -0.1) is 0 Å². The van der Waals surface area contributed by atoms with Crippen molar-refractivity contribution in [2.45, 2.75) is 40.2 Å². The summed E-state index contributed by atoms with van der Waals surface area (Å²) in [5, 5.41) is 19.4. The number of hydrogen-bond acceptors (Lipinski definition) is 8. The normalized spacial score (nSPS) is 15.4. The molecule has 0 amide bonds. The van der Waals surface area contributed by atoms with E-state index in [1.807, 2.05) is 32.3 Å². The Labute approximate surface area is 198 Å². The Kier molecular flexibility index (Phi) is 6.99. The molecule has 1 fully saturated rings. The van der Waals surface area contributed by atoms with E-state index in [-0.39, 0.29) is 13.2 Å². The molecule has 0 atom stereocenters. The number of hydrogen-bond donors (Lipinski definition) is 3. The lowest BCUT2D eigenvalue weighted by molar-refractivity contribution is 0.0338. The average molecular weight is 468 g/mol. The van der Waals surface area contributed by atoms with Gasteiger partial charge in [-0.25, -0.2) is 15.0 Å². The van der Waals surface area contributed by atoms with Crippen molar-refractivity contribution in [2.24, 2.45) is 5.41 Å². The first kappa shape index (κ1) is 23.9. The molecule has 0 saturated carbocycles. The van der Waals surface area contributed by atoms with Gasteiger partial charge in [-0.05, 0) is 31.9 Å². The standard InChI is InChI=1S/C22H27N7O3.C2H6/c1-3-28-13-25-15-8-14(9-16(32-2)19(15)28)17-18-20(24-12-23-18)27-21(26-17)29-6-4-22(10-30,11-31)5-7-29;1-2/h8-9,12-13,30-31H,3-7,10-11H2,1-2H3,(H,23,24,26,27);1-2H3. The quantitative estimate of drug-likeness (QED) is 0.395. The second kappa shape index (κ2) is 9.94. The van der Waals surface area contributed by atoms with Gasteiger partial charge in [0.2, 0.25) is 5.95 Å². The van der Waals surface area contributed by atoms with Crippen LogP contribution in [0.25, 0.3) is 33.5 Å². The lowest BCUT2D eigenvalue weighted by Crippen LogP contribution is -2.44. The van der Waals surface area contributed by atoms with Crippen molar-refractivity contribution >= 4 is 28.1 Å². The fourth-order valence-electron chi connectivity index (χ4n) is 4.42. The van der Waals surface area contributed by atoms with E-state index < -0.39 is 5.41 Å². The third-order valence-corrected chi connectivity index (χ3v) is 6.56. The van der Waals surface area contributed by atoms with Crippen LogP contribution in [0, 0.1) is 5.41 Å². The summed E-state index contributed by atoms with van der Waals surface area (Å²) in [6, 6.07) is 3.98. The van der Waals surface area contributed by atoms with E-state index in [9.17, 15) is 10.2 Å². The number of aliphatic hydroxyl groups is 2. The average Bonchev–Trinajstić information content (AvgIpc) is 3.55. The second-order valence-corrected chi connectivity index (χ2v) is 8.35. The molecular formula is C24H33N7O3. The molecule has 1 aliphatic rings. The molecule has 0 radical (unpaired) electrons. The second-order valence-electron chi connectivity index (χ2n) is 8.35. The topological polar surface area (TPSA) is 125 Å². The van der Waals surface area contributed by atoms with Crippen molar-refractivity contribution in [3.05, 3.63) is 24.8 Å². The van der Waals surface area contributed by atoms with E-state index in [4.69, 9.17) is 9.72 Å². The number of H-pyrrole nitrogens is 1. The number of nitrogens with one attached hydrogen (secondary N) is 1. The van der Waals surface area contributed by atoms with Gasteiger partial charge >= 0.3 is 0 Å².